The maximum atomic E-state index is 11.6. The molecule has 1 heterocycles. The van der Waals surface area contributed by atoms with E-state index in [4.69, 9.17) is 0 Å². The Bertz CT molecular complexity index is 612. The summed E-state index contributed by atoms with van der Waals surface area (Å²) in [4.78, 5) is 24.6. The molecular formula is C15H13NO2. The smallest absolute Gasteiger partial charge is 0.229 e. The first-order valence-corrected chi connectivity index (χ1v) is 6.05. The molecule has 2 aromatic rings. The van der Waals surface area contributed by atoms with Crippen LogP contribution in [0.3, 0.4) is 0 Å². The molecule has 0 N–H and O–H groups in total. The van der Waals surface area contributed by atoms with Crippen molar-refractivity contribution >= 4 is 22.6 Å². The summed E-state index contributed by atoms with van der Waals surface area (Å²) in [7, 11) is 0. The molecule has 2 amide bonds. The van der Waals surface area contributed by atoms with E-state index in [1.54, 1.807) is 0 Å². The number of nitrogens with zero attached hydrogens (tertiary/aromatic N) is 1. The molecule has 1 fully saturated rings. The van der Waals surface area contributed by atoms with Gasteiger partial charge in [0.05, 0.1) is 6.54 Å². The zero-order valence-corrected chi connectivity index (χ0v) is 9.93. The van der Waals surface area contributed by atoms with Gasteiger partial charge in [0, 0.05) is 12.8 Å². The van der Waals surface area contributed by atoms with Gasteiger partial charge in [-0.15, -0.1) is 0 Å². The van der Waals surface area contributed by atoms with E-state index in [2.05, 4.69) is 0 Å². The van der Waals surface area contributed by atoms with Gasteiger partial charge in [-0.2, -0.15) is 0 Å². The van der Waals surface area contributed by atoms with Crippen LogP contribution in [0, 0.1) is 0 Å². The summed E-state index contributed by atoms with van der Waals surface area (Å²) in [5, 5.41) is 2.24. The number of amides is 2. The zero-order valence-electron chi connectivity index (χ0n) is 9.93. The van der Waals surface area contributed by atoms with Crippen LogP contribution in [0.4, 0.5) is 0 Å². The van der Waals surface area contributed by atoms with Crippen LogP contribution < -0.4 is 0 Å². The molecule has 18 heavy (non-hydrogen) atoms. The van der Waals surface area contributed by atoms with Gasteiger partial charge >= 0.3 is 0 Å². The van der Waals surface area contributed by atoms with Crippen molar-refractivity contribution in [1.82, 2.24) is 4.90 Å². The minimum absolute atomic E-state index is 0.0621. The molecule has 3 rings (SSSR count). The fourth-order valence-corrected chi connectivity index (χ4v) is 2.40. The molecule has 1 aliphatic rings. The summed E-state index contributed by atoms with van der Waals surface area (Å²) in [5.41, 5.74) is 1.02. The third kappa shape index (κ3) is 1.78. The highest BCUT2D eigenvalue weighted by molar-refractivity contribution is 6.02. The SMILES string of the molecule is O=C1CCC(=O)N1Cc1cccc2ccccc12. The second kappa shape index (κ2) is 4.26. The largest absolute Gasteiger partial charge is 0.278 e. The number of carbonyl (C=O) groups excluding carboxylic acids is 2. The van der Waals surface area contributed by atoms with Gasteiger partial charge < -0.3 is 0 Å². The van der Waals surface area contributed by atoms with Crippen molar-refractivity contribution in [3.05, 3.63) is 48.0 Å². The molecule has 0 atom stereocenters. The molecular weight excluding hydrogens is 226 g/mol. The minimum Gasteiger partial charge on any atom is -0.278 e. The van der Waals surface area contributed by atoms with Gasteiger partial charge in [-0.3, -0.25) is 14.5 Å². The first-order valence-electron chi connectivity index (χ1n) is 6.05. The highest BCUT2D eigenvalue weighted by Gasteiger charge is 2.28. The van der Waals surface area contributed by atoms with Crippen molar-refractivity contribution < 1.29 is 9.59 Å². The second-order valence-corrected chi connectivity index (χ2v) is 4.51. The number of hydrogen-bond acceptors (Lipinski definition) is 2. The van der Waals surface area contributed by atoms with Gasteiger partial charge in [-0.25, -0.2) is 0 Å². The average molecular weight is 239 g/mol. The van der Waals surface area contributed by atoms with Gasteiger partial charge in [-0.1, -0.05) is 42.5 Å². The summed E-state index contributed by atoms with van der Waals surface area (Å²) < 4.78 is 0. The molecule has 0 bridgehead atoms. The maximum absolute atomic E-state index is 11.6. The normalized spacial score (nSPS) is 15.7. The van der Waals surface area contributed by atoms with Gasteiger partial charge in [0.15, 0.2) is 0 Å². The van der Waals surface area contributed by atoms with Crippen molar-refractivity contribution in [2.75, 3.05) is 0 Å². The fraction of sp³-hybridized carbons (Fsp3) is 0.200. The predicted octanol–water partition coefficient (Wildman–Crippen LogP) is 2.49. The summed E-state index contributed by atoms with van der Waals surface area (Å²) in [6.07, 6.45) is 0.702. The molecule has 0 saturated carbocycles. The van der Waals surface area contributed by atoms with Crippen LogP contribution in [-0.4, -0.2) is 16.7 Å². The molecule has 0 spiro atoms. The first kappa shape index (κ1) is 11.0. The molecule has 2 aromatic carbocycles. The Kier molecular flexibility index (Phi) is 2.59. The van der Waals surface area contributed by atoms with E-state index in [1.807, 2.05) is 42.5 Å². The number of likely N-dealkylation sites (tertiary alicyclic amines) is 1. The van der Waals surface area contributed by atoms with E-state index < -0.39 is 0 Å². The van der Waals surface area contributed by atoms with Crippen molar-refractivity contribution in [3.63, 3.8) is 0 Å². The Labute approximate surface area is 105 Å². The molecule has 0 aromatic heterocycles. The molecule has 0 unspecified atom stereocenters. The highest BCUT2D eigenvalue weighted by atomic mass is 16.2. The molecule has 90 valence electrons. The number of fused-ring (bicyclic) bond motifs is 1. The number of imide groups is 1. The van der Waals surface area contributed by atoms with Gasteiger partial charge in [0.1, 0.15) is 0 Å². The van der Waals surface area contributed by atoms with Crippen LogP contribution in [0.1, 0.15) is 18.4 Å². The number of carbonyl (C=O) groups is 2. The molecule has 3 heteroatoms. The average Bonchev–Trinajstić information content (AvgIpc) is 2.71. The summed E-state index contributed by atoms with van der Waals surface area (Å²) in [6, 6.07) is 14.0. The first-order chi connectivity index (χ1) is 8.75. The fourth-order valence-electron chi connectivity index (χ4n) is 2.40. The Morgan fingerprint density at radius 1 is 0.889 bits per heavy atom. The Hall–Kier alpha value is -2.16. The van der Waals surface area contributed by atoms with E-state index in [-0.39, 0.29) is 11.8 Å². The lowest BCUT2D eigenvalue weighted by Crippen LogP contribution is -2.28. The number of hydrogen-bond donors (Lipinski definition) is 0. The van der Waals surface area contributed by atoms with Gasteiger partial charge in [0.25, 0.3) is 0 Å². The third-order valence-corrected chi connectivity index (χ3v) is 3.36. The maximum Gasteiger partial charge on any atom is 0.229 e. The van der Waals surface area contributed by atoms with Crippen molar-refractivity contribution in [2.24, 2.45) is 0 Å². The Morgan fingerprint density at radius 2 is 1.56 bits per heavy atom. The summed E-state index contributed by atoms with van der Waals surface area (Å²) >= 11 is 0. The predicted molar refractivity (Wildman–Crippen MR) is 68.7 cm³/mol. The number of benzene rings is 2. The van der Waals surface area contributed by atoms with E-state index in [1.165, 1.54) is 4.90 Å². The molecule has 0 aliphatic carbocycles. The van der Waals surface area contributed by atoms with Crippen LogP contribution in [0.25, 0.3) is 10.8 Å². The Morgan fingerprint density at radius 3 is 2.33 bits per heavy atom. The van der Waals surface area contributed by atoms with Gasteiger partial charge in [-0.05, 0) is 16.3 Å². The zero-order chi connectivity index (χ0) is 12.5. The number of rotatable bonds is 2. The summed E-state index contributed by atoms with van der Waals surface area (Å²) in [6.45, 7) is 0.388. The lowest BCUT2D eigenvalue weighted by atomic mass is 10.0. The van der Waals surface area contributed by atoms with E-state index >= 15 is 0 Å². The monoisotopic (exact) mass is 239 g/mol. The highest BCUT2D eigenvalue weighted by Crippen LogP contribution is 2.22. The molecule has 0 radical (unpaired) electrons. The molecule has 1 aliphatic heterocycles. The van der Waals surface area contributed by atoms with Crippen molar-refractivity contribution in [3.8, 4) is 0 Å². The topological polar surface area (TPSA) is 37.4 Å². The van der Waals surface area contributed by atoms with Crippen LogP contribution in [0.15, 0.2) is 42.5 Å². The van der Waals surface area contributed by atoms with Gasteiger partial charge in [0.2, 0.25) is 11.8 Å². The molecule has 3 nitrogen and oxygen atoms in total. The van der Waals surface area contributed by atoms with Crippen LogP contribution in [-0.2, 0) is 16.1 Å². The minimum atomic E-state index is -0.0621. The second-order valence-electron chi connectivity index (χ2n) is 4.51. The van der Waals surface area contributed by atoms with E-state index in [0.717, 1.165) is 16.3 Å². The van der Waals surface area contributed by atoms with E-state index in [9.17, 15) is 9.59 Å². The van der Waals surface area contributed by atoms with Crippen molar-refractivity contribution in [2.45, 2.75) is 19.4 Å². The van der Waals surface area contributed by atoms with Crippen LogP contribution in [0.2, 0.25) is 0 Å². The quantitative estimate of drug-likeness (QED) is 0.755. The lowest BCUT2D eigenvalue weighted by molar-refractivity contribution is -0.139. The van der Waals surface area contributed by atoms with E-state index in [0.29, 0.717) is 19.4 Å². The van der Waals surface area contributed by atoms with Crippen LogP contribution >= 0.6 is 0 Å². The summed E-state index contributed by atoms with van der Waals surface area (Å²) in [5.74, 6) is -0.124. The Balaban J connectivity index is 2.00. The van der Waals surface area contributed by atoms with Crippen molar-refractivity contribution in [1.29, 1.82) is 0 Å². The standard InChI is InChI=1S/C15H13NO2/c17-14-8-9-15(18)16(14)10-12-6-3-5-11-4-1-2-7-13(11)12/h1-7H,8-10H2. The lowest BCUT2D eigenvalue weighted by Gasteiger charge is -2.15. The third-order valence-electron chi connectivity index (χ3n) is 3.36. The van der Waals surface area contributed by atoms with Crippen LogP contribution in [0.5, 0.6) is 0 Å². The molecule has 1 saturated heterocycles.